The topological polar surface area (TPSA) is 62.2 Å². The molecule has 1 rings (SSSR count). The number of hydrogen-bond donors (Lipinski definition) is 2. The number of carbonyl (C=O) groups is 1. The lowest BCUT2D eigenvalue weighted by Crippen LogP contribution is -2.04. The van der Waals surface area contributed by atoms with Gasteiger partial charge in [0.25, 0.3) is 0 Å². The van der Waals surface area contributed by atoms with E-state index in [1.165, 1.54) is 0 Å². The van der Waals surface area contributed by atoms with Gasteiger partial charge < -0.3 is 10.4 Å². The van der Waals surface area contributed by atoms with Crippen molar-refractivity contribution in [2.24, 2.45) is 0 Å². The van der Waals surface area contributed by atoms with Crippen LogP contribution in [-0.4, -0.2) is 22.6 Å². The number of pyridine rings is 1. The molecule has 0 atom stereocenters. The highest BCUT2D eigenvalue weighted by molar-refractivity contribution is 5.66. The van der Waals surface area contributed by atoms with Crippen LogP contribution in [0.5, 0.6) is 0 Å². The molecule has 0 fully saturated rings. The molecule has 4 nitrogen and oxygen atoms in total. The fourth-order valence-corrected chi connectivity index (χ4v) is 1.30. The largest absolute Gasteiger partial charge is 0.481 e. The third kappa shape index (κ3) is 4.44. The zero-order chi connectivity index (χ0) is 11.1. The number of carboxylic acids is 1. The molecule has 0 spiro atoms. The Labute approximate surface area is 89.3 Å². The quantitative estimate of drug-likeness (QED) is 0.702. The zero-order valence-corrected chi connectivity index (χ0v) is 8.86. The highest BCUT2D eigenvalue weighted by Gasteiger charge is 1.98. The van der Waals surface area contributed by atoms with Crippen molar-refractivity contribution >= 4 is 11.7 Å². The van der Waals surface area contributed by atoms with Crippen molar-refractivity contribution < 1.29 is 9.90 Å². The molecule has 1 aromatic heterocycles. The van der Waals surface area contributed by atoms with Crippen LogP contribution in [0.4, 0.5) is 5.69 Å². The first-order valence-corrected chi connectivity index (χ1v) is 5.06. The molecule has 82 valence electrons. The van der Waals surface area contributed by atoms with Gasteiger partial charge in [0.1, 0.15) is 0 Å². The summed E-state index contributed by atoms with van der Waals surface area (Å²) < 4.78 is 0. The lowest BCUT2D eigenvalue weighted by atomic mass is 10.2. The number of aliphatic carboxylic acids is 1. The summed E-state index contributed by atoms with van der Waals surface area (Å²) >= 11 is 0. The molecule has 15 heavy (non-hydrogen) atoms. The van der Waals surface area contributed by atoms with Crippen LogP contribution in [0, 0.1) is 6.92 Å². The molecule has 0 amide bonds. The summed E-state index contributed by atoms with van der Waals surface area (Å²) in [6, 6.07) is 1.92. The van der Waals surface area contributed by atoms with Gasteiger partial charge in [0, 0.05) is 31.0 Å². The standard InChI is InChI=1S/C11H16N2O2/c1-9-8-12-7-5-10(9)13-6-3-2-4-11(14)15/h5,7-8H,2-4,6H2,1H3,(H,12,13)(H,14,15). The predicted octanol–water partition coefficient (Wildman–Crippen LogP) is 2.06. The predicted molar refractivity (Wildman–Crippen MR) is 59.0 cm³/mol. The SMILES string of the molecule is Cc1cnccc1NCCCCC(=O)O. The molecule has 0 saturated carbocycles. The smallest absolute Gasteiger partial charge is 0.303 e. The number of unbranched alkanes of at least 4 members (excludes halogenated alkanes) is 1. The number of carboxylic acid groups (broad SMARTS) is 1. The van der Waals surface area contributed by atoms with Gasteiger partial charge in [-0.15, -0.1) is 0 Å². The van der Waals surface area contributed by atoms with E-state index < -0.39 is 5.97 Å². The van der Waals surface area contributed by atoms with Gasteiger partial charge in [0.15, 0.2) is 0 Å². The van der Waals surface area contributed by atoms with Crippen LogP contribution in [0.15, 0.2) is 18.5 Å². The Morgan fingerprint density at radius 3 is 3.00 bits per heavy atom. The summed E-state index contributed by atoms with van der Waals surface area (Å²) in [5, 5.41) is 11.7. The number of hydrogen-bond acceptors (Lipinski definition) is 3. The van der Waals surface area contributed by atoms with E-state index in [9.17, 15) is 4.79 Å². The highest BCUT2D eigenvalue weighted by Crippen LogP contribution is 2.11. The van der Waals surface area contributed by atoms with E-state index in [2.05, 4.69) is 10.3 Å². The molecule has 4 heteroatoms. The highest BCUT2D eigenvalue weighted by atomic mass is 16.4. The van der Waals surface area contributed by atoms with Crippen LogP contribution in [0.25, 0.3) is 0 Å². The van der Waals surface area contributed by atoms with Gasteiger partial charge in [0.2, 0.25) is 0 Å². The summed E-state index contributed by atoms with van der Waals surface area (Å²) in [6.07, 6.45) is 5.38. The fourth-order valence-electron chi connectivity index (χ4n) is 1.30. The molecular formula is C11H16N2O2. The van der Waals surface area contributed by atoms with Gasteiger partial charge in [-0.25, -0.2) is 0 Å². The Morgan fingerprint density at radius 2 is 2.33 bits per heavy atom. The zero-order valence-electron chi connectivity index (χ0n) is 8.86. The van der Waals surface area contributed by atoms with Crippen molar-refractivity contribution in [2.45, 2.75) is 26.2 Å². The van der Waals surface area contributed by atoms with Crippen molar-refractivity contribution in [2.75, 3.05) is 11.9 Å². The minimum absolute atomic E-state index is 0.247. The Hall–Kier alpha value is -1.58. The average molecular weight is 208 g/mol. The fraction of sp³-hybridized carbons (Fsp3) is 0.455. The maximum absolute atomic E-state index is 10.3. The first-order valence-electron chi connectivity index (χ1n) is 5.06. The van der Waals surface area contributed by atoms with Gasteiger partial charge in [-0.3, -0.25) is 9.78 Å². The van der Waals surface area contributed by atoms with Crippen molar-refractivity contribution in [1.29, 1.82) is 0 Å². The van der Waals surface area contributed by atoms with E-state index in [4.69, 9.17) is 5.11 Å². The second kappa shape index (κ2) is 6.01. The Morgan fingerprint density at radius 1 is 1.53 bits per heavy atom. The van der Waals surface area contributed by atoms with Crippen LogP contribution < -0.4 is 5.32 Å². The van der Waals surface area contributed by atoms with E-state index in [1.807, 2.05) is 13.0 Å². The normalized spacial score (nSPS) is 9.93. The van der Waals surface area contributed by atoms with Gasteiger partial charge in [-0.2, -0.15) is 0 Å². The molecule has 0 aliphatic rings. The lowest BCUT2D eigenvalue weighted by molar-refractivity contribution is -0.137. The van der Waals surface area contributed by atoms with Crippen LogP contribution in [-0.2, 0) is 4.79 Å². The Balaban J connectivity index is 2.21. The second-order valence-electron chi connectivity index (χ2n) is 3.47. The minimum Gasteiger partial charge on any atom is -0.481 e. The van der Waals surface area contributed by atoms with E-state index in [1.54, 1.807) is 12.4 Å². The molecule has 0 bridgehead atoms. The summed E-state index contributed by atoms with van der Waals surface area (Å²) in [5.41, 5.74) is 2.18. The monoisotopic (exact) mass is 208 g/mol. The summed E-state index contributed by atoms with van der Waals surface area (Å²) in [5.74, 6) is -0.727. The van der Waals surface area contributed by atoms with Crippen LogP contribution in [0.3, 0.4) is 0 Å². The maximum atomic E-state index is 10.3. The Kier molecular flexibility index (Phi) is 4.60. The van der Waals surface area contributed by atoms with Crippen LogP contribution in [0.1, 0.15) is 24.8 Å². The molecule has 0 aromatic carbocycles. The van der Waals surface area contributed by atoms with E-state index in [0.717, 1.165) is 24.2 Å². The number of aryl methyl sites for hydroxylation is 1. The number of rotatable bonds is 6. The van der Waals surface area contributed by atoms with Gasteiger partial charge in [0.05, 0.1) is 0 Å². The van der Waals surface area contributed by atoms with Crippen molar-refractivity contribution in [1.82, 2.24) is 4.98 Å². The van der Waals surface area contributed by atoms with Crippen molar-refractivity contribution in [3.8, 4) is 0 Å². The molecular weight excluding hydrogens is 192 g/mol. The first-order chi connectivity index (χ1) is 7.20. The molecule has 0 aliphatic carbocycles. The number of nitrogens with one attached hydrogen (secondary N) is 1. The van der Waals surface area contributed by atoms with E-state index >= 15 is 0 Å². The number of aromatic nitrogens is 1. The van der Waals surface area contributed by atoms with Crippen LogP contribution >= 0.6 is 0 Å². The van der Waals surface area contributed by atoms with Crippen LogP contribution in [0.2, 0.25) is 0 Å². The second-order valence-corrected chi connectivity index (χ2v) is 3.47. The molecule has 0 aliphatic heterocycles. The minimum atomic E-state index is -0.727. The molecule has 2 N–H and O–H groups in total. The maximum Gasteiger partial charge on any atom is 0.303 e. The summed E-state index contributed by atoms with van der Waals surface area (Å²) in [4.78, 5) is 14.3. The molecule has 0 saturated heterocycles. The molecule has 0 radical (unpaired) electrons. The summed E-state index contributed by atoms with van der Waals surface area (Å²) in [6.45, 7) is 2.80. The molecule has 1 heterocycles. The molecule has 1 aromatic rings. The van der Waals surface area contributed by atoms with Gasteiger partial charge in [-0.05, 0) is 31.4 Å². The number of anilines is 1. The third-order valence-corrected chi connectivity index (χ3v) is 2.15. The summed E-state index contributed by atoms with van der Waals surface area (Å²) in [7, 11) is 0. The Bertz CT molecular complexity index is 326. The lowest BCUT2D eigenvalue weighted by Gasteiger charge is -2.07. The van der Waals surface area contributed by atoms with Crippen molar-refractivity contribution in [3.05, 3.63) is 24.0 Å². The molecule has 0 unspecified atom stereocenters. The van der Waals surface area contributed by atoms with Crippen molar-refractivity contribution in [3.63, 3.8) is 0 Å². The first kappa shape index (κ1) is 11.5. The third-order valence-electron chi connectivity index (χ3n) is 2.15. The number of nitrogens with zero attached hydrogens (tertiary/aromatic N) is 1. The van der Waals surface area contributed by atoms with Gasteiger partial charge >= 0.3 is 5.97 Å². The average Bonchev–Trinajstić information content (AvgIpc) is 2.20. The van der Waals surface area contributed by atoms with Gasteiger partial charge in [-0.1, -0.05) is 0 Å². The van der Waals surface area contributed by atoms with E-state index in [0.29, 0.717) is 6.42 Å². The van der Waals surface area contributed by atoms with E-state index in [-0.39, 0.29) is 6.42 Å².